The van der Waals surface area contributed by atoms with Crippen LogP contribution in [0.4, 0.5) is 0 Å². The Bertz CT molecular complexity index is 778. The number of carbonyl (C=O) groups excluding carboxylic acids is 1. The van der Waals surface area contributed by atoms with Crippen molar-refractivity contribution in [1.82, 2.24) is 20.5 Å². The predicted molar refractivity (Wildman–Crippen MR) is 117 cm³/mol. The van der Waals surface area contributed by atoms with Gasteiger partial charge in [-0.15, -0.1) is 11.3 Å². The van der Waals surface area contributed by atoms with Crippen molar-refractivity contribution in [1.29, 1.82) is 0 Å². The molecule has 1 aromatic heterocycles. The second-order valence-electron chi connectivity index (χ2n) is 7.86. The Labute approximate surface area is 172 Å². The van der Waals surface area contributed by atoms with Crippen molar-refractivity contribution < 1.29 is 4.79 Å². The summed E-state index contributed by atoms with van der Waals surface area (Å²) in [5.74, 6) is 0.633. The van der Waals surface area contributed by atoms with Crippen LogP contribution in [0.25, 0.3) is 0 Å². The lowest BCUT2D eigenvalue weighted by Crippen LogP contribution is -2.43. The first kappa shape index (κ1) is 21.9. The van der Waals surface area contributed by atoms with Crippen LogP contribution < -0.4 is 10.6 Å². The van der Waals surface area contributed by atoms with E-state index in [1.165, 1.54) is 0 Å². The minimum atomic E-state index is 0.00327. The van der Waals surface area contributed by atoms with Gasteiger partial charge in [0, 0.05) is 37.9 Å². The van der Waals surface area contributed by atoms with Gasteiger partial charge in [0.25, 0.3) is 0 Å². The SMILES string of the molecule is CN(C)C(=O)CNC(=NCc1ccccc1)NCCc1csc(C(C)(C)C)n1. The van der Waals surface area contributed by atoms with E-state index < -0.39 is 0 Å². The number of thiazole rings is 1. The molecule has 0 saturated heterocycles. The Hall–Kier alpha value is -2.41. The van der Waals surface area contributed by atoms with Gasteiger partial charge in [-0.1, -0.05) is 51.1 Å². The Balaban J connectivity index is 1.94. The first-order chi connectivity index (χ1) is 13.3. The second kappa shape index (κ2) is 10.2. The number of amides is 1. The number of nitrogens with zero attached hydrogens (tertiary/aromatic N) is 3. The third-order valence-corrected chi connectivity index (χ3v) is 5.35. The minimum absolute atomic E-state index is 0.00327. The van der Waals surface area contributed by atoms with Crippen LogP contribution in [0.3, 0.4) is 0 Å². The van der Waals surface area contributed by atoms with Gasteiger partial charge in [0.05, 0.1) is 23.8 Å². The number of nitrogens with one attached hydrogen (secondary N) is 2. The topological polar surface area (TPSA) is 69.6 Å². The minimum Gasteiger partial charge on any atom is -0.356 e. The summed E-state index contributed by atoms with van der Waals surface area (Å²) in [5.41, 5.74) is 2.28. The van der Waals surface area contributed by atoms with Gasteiger partial charge in [0.15, 0.2) is 5.96 Å². The molecule has 0 radical (unpaired) electrons. The Morgan fingerprint density at radius 3 is 2.50 bits per heavy atom. The van der Waals surface area contributed by atoms with E-state index in [4.69, 9.17) is 4.98 Å². The molecule has 1 heterocycles. The highest BCUT2D eigenvalue weighted by atomic mass is 32.1. The monoisotopic (exact) mass is 401 g/mol. The van der Waals surface area contributed by atoms with Crippen molar-refractivity contribution in [2.45, 2.75) is 39.2 Å². The van der Waals surface area contributed by atoms with E-state index in [-0.39, 0.29) is 17.9 Å². The van der Waals surface area contributed by atoms with Gasteiger partial charge >= 0.3 is 0 Å². The molecule has 0 fully saturated rings. The highest BCUT2D eigenvalue weighted by Gasteiger charge is 2.17. The summed E-state index contributed by atoms with van der Waals surface area (Å²) < 4.78 is 0. The number of rotatable bonds is 7. The number of aromatic nitrogens is 1. The fourth-order valence-corrected chi connectivity index (χ4v) is 3.26. The van der Waals surface area contributed by atoms with Crippen molar-refractivity contribution in [2.24, 2.45) is 4.99 Å². The van der Waals surface area contributed by atoms with Crippen LogP contribution in [-0.4, -0.2) is 48.9 Å². The molecule has 2 N–H and O–H groups in total. The van der Waals surface area contributed by atoms with Crippen LogP contribution in [0, 0.1) is 0 Å². The van der Waals surface area contributed by atoms with Crippen molar-refractivity contribution in [3.8, 4) is 0 Å². The number of aliphatic imine (C=N–C) groups is 1. The van der Waals surface area contributed by atoms with Crippen LogP contribution >= 0.6 is 11.3 Å². The van der Waals surface area contributed by atoms with Crippen LogP contribution in [0.2, 0.25) is 0 Å². The van der Waals surface area contributed by atoms with E-state index in [9.17, 15) is 4.79 Å². The average Bonchev–Trinajstić information content (AvgIpc) is 3.13. The maximum absolute atomic E-state index is 11.9. The number of guanidine groups is 1. The van der Waals surface area contributed by atoms with Crippen LogP contribution in [0.5, 0.6) is 0 Å². The smallest absolute Gasteiger partial charge is 0.241 e. The van der Waals surface area contributed by atoms with Crippen molar-refractivity contribution >= 4 is 23.2 Å². The summed E-state index contributed by atoms with van der Waals surface area (Å²) in [6.45, 7) is 7.98. The Morgan fingerprint density at radius 2 is 1.89 bits per heavy atom. The van der Waals surface area contributed by atoms with Crippen LogP contribution in [-0.2, 0) is 23.2 Å². The molecule has 1 aromatic carbocycles. The van der Waals surface area contributed by atoms with Gasteiger partial charge in [-0.2, -0.15) is 0 Å². The number of likely N-dealkylation sites (N-methyl/N-ethyl adjacent to an activating group) is 1. The normalized spacial score (nSPS) is 12.0. The Kier molecular flexibility index (Phi) is 7.99. The third kappa shape index (κ3) is 7.31. The van der Waals surface area contributed by atoms with Gasteiger partial charge < -0.3 is 15.5 Å². The lowest BCUT2D eigenvalue weighted by atomic mass is 9.98. The molecule has 0 unspecified atom stereocenters. The van der Waals surface area contributed by atoms with E-state index in [1.54, 1.807) is 30.3 Å². The van der Waals surface area contributed by atoms with Crippen LogP contribution in [0.15, 0.2) is 40.7 Å². The molecule has 6 nitrogen and oxygen atoms in total. The molecule has 0 saturated carbocycles. The summed E-state index contributed by atoms with van der Waals surface area (Å²) in [4.78, 5) is 22.8. The summed E-state index contributed by atoms with van der Waals surface area (Å²) in [7, 11) is 3.49. The highest BCUT2D eigenvalue weighted by Crippen LogP contribution is 2.25. The molecule has 0 spiro atoms. The number of hydrogen-bond acceptors (Lipinski definition) is 4. The van der Waals surface area contributed by atoms with Crippen LogP contribution in [0.1, 0.15) is 37.0 Å². The number of hydrogen-bond donors (Lipinski definition) is 2. The van der Waals surface area contributed by atoms with E-state index in [2.05, 4.69) is 41.8 Å². The largest absolute Gasteiger partial charge is 0.356 e. The van der Waals surface area contributed by atoms with Crippen molar-refractivity contribution in [3.05, 3.63) is 52.0 Å². The average molecular weight is 402 g/mol. The third-order valence-electron chi connectivity index (χ3n) is 4.04. The molecule has 0 aliphatic carbocycles. The summed E-state index contributed by atoms with van der Waals surface area (Å²) in [6, 6.07) is 10.1. The predicted octanol–water partition coefficient (Wildman–Crippen LogP) is 2.81. The zero-order chi connectivity index (χ0) is 20.6. The molecule has 28 heavy (non-hydrogen) atoms. The van der Waals surface area contributed by atoms with E-state index in [1.807, 2.05) is 30.3 Å². The van der Waals surface area contributed by atoms with Gasteiger partial charge in [-0.3, -0.25) is 4.79 Å². The summed E-state index contributed by atoms with van der Waals surface area (Å²) in [5, 5.41) is 9.70. The number of carbonyl (C=O) groups is 1. The van der Waals surface area contributed by atoms with E-state index >= 15 is 0 Å². The molecular weight excluding hydrogens is 370 g/mol. The van der Waals surface area contributed by atoms with Gasteiger partial charge in [0.1, 0.15) is 0 Å². The van der Waals surface area contributed by atoms with E-state index in [0.717, 1.165) is 22.7 Å². The zero-order valence-corrected chi connectivity index (χ0v) is 18.3. The summed E-state index contributed by atoms with van der Waals surface area (Å²) >= 11 is 1.71. The first-order valence-electron chi connectivity index (χ1n) is 9.47. The Morgan fingerprint density at radius 1 is 1.18 bits per heavy atom. The van der Waals surface area contributed by atoms with Gasteiger partial charge in [-0.05, 0) is 5.56 Å². The maximum Gasteiger partial charge on any atom is 0.241 e. The molecule has 152 valence electrons. The standard InChI is InChI=1S/C21H31N5OS/c1-21(2,3)19-25-17(15-28-19)11-12-22-20(24-14-18(27)26(4)5)23-13-16-9-7-6-8-10-16/h6-10,15H,11-14H2,1-5H3,(H2,22,23,24). The molecule has 0 aliphatic heterocycles. The lowest BCUT2D eigenvalue weighted by molar-refractivity contribution is -0.127. The fourth-order valence-electron chi connectivity index (χ4n) is 2.32. The summed E-state index contributed by atoms with van der Waals surface area (Å²) in [6.07, 6.45) is 0.806. The molecule has 7 heteroatoms. The zero-order valence-electron chi connectivity index (χ0n) is 17.5. The maximum atomic E-state index is 11.9. The molecule has 0 aliphatic rings. The molecule has 0 atom stereocenters. The molecule has 2 aromatic rings. The van der Waals surface area contributed by atoms with E-state index in [0.29, 0.717) is 19.0 Å². The fraction of sp³-hybridized carbons (Fsp3) is 0.476. The first-order valence-corrected chi connectivity index (χ1v) is 10.3. The molecule has 1 amide bonds. The highest BCUT2D eigenvalue weighted by molar-refractivity contribution is 7.09. The van der Waals surface area contributed by atoms with Gasteiger partial charge in [-0.25, -0.2) is 9.98 Å². The molecular formula is C21H31N5OS. The lowest BCUT2D eigenvalue weighted by Gasteiger charge is -2.15. The number of benzene rings is 1. The molecule has 2 rings (SSSR count). The second-order valence-corrected chi connectivity index (χ2v) is 8.72. The van der Waals surface area contributed by atoms with Crippen molar-refractivity contribution in [3.63, 3.8) is 0 Å². The molecule has 0 bridgehead atoms. The van der Waals surface area contributed by atoms with Crippen molar-refractivity contribution in [2.75, 3.05) is 27.2 Å². The quantitative estimate of drug-likeness (QED) is 0.553. The van der Waals surface area contributed by atoms with Gasteiger partial charge in [0.2, 0.25) is 5.91 Å².